The lowest BCUT2D eigenvalue weighted by molar-refractivity contribution is -0.126. The zero-order valence-corrected chi connectivity index (χ0v) is 17.8. The quantitative estimate of drug-likeness (QED) is 0.398. The van der Waals surface area contributed by atoms with E-state index in [-0.39, 0.29) is 10.7 Å². The van der Waals surface area contributed by atoms with Crippen molar-refractivity contribution in [2.24, 2.45) is 10.2 Å². The van der Waals surface area contributed by atoms with Crippen molar-refractivity contribution in [1.82, 2.24) is 0 Å². The number of carbonyl (C=O) groups excluding carboxylic acids is 2. The van der Waals surface area contributed by atoms with E-state index in [1.165, 1.54) is 13.0 Å². The first-order chi connectivity index (χ1) is 13.4. The Balaban J connectivity index is 2.38. The normalized spacial score (nSPS) is 12.8. The number of hydrogen-bond acceptors (Lipinski definition) is 6. The Morgan fingerprint density at radius 2 is 1.76 bits per heavy atom. The molecule has 0 bridgehead atoms. The van der Waals surface area contributed by atoms with Gasteiger partial charge in [0.1, 0.15) is 10.6 Å². The third-order valence-corrected chi connectivity index (χ3v) is 5.36. The molecule has 0 aromatic heterocycles. The molecule has 0 heterocycles. The van der Waals surface area contributed by atoms with Gasteiger partial charge in [-0.2, -0.15) is 18.6 Å². The van der Waals surface area contributed by atoms with E-state index in [0.717, 1.165) is 17.2 Å². The highest BCUT2D eigenvalue weighted by Gasteiger charge is 2.25. The number of anilines is 1. The number of amides is 1. The van der Waals surface area contributed by atoms with Gasteiger partial charge in [0.05, 0.1) is 0 Å². The van der Waals surface area contributed by atoms with E-state index >= 15 is 0 Å². The molecule has 10 heteroatoms. The van der Waals surface area contributed by atoms with Crippen LogP contribution in [0.3, 0.4) is 0 Å². The minimum absolute atomic E-state index is 0.104. The molecule has 2 N–H and O–H groups in total. The molecule has 0 radical (unpaired) electrons. The number of nitrogens with zero attached hydrogens (tertiary/aromatic N) is 2. The summed E-state index contributed by atoms with van der Waals surface area (Å²) in [6.45, 7) is 6.49. The third kappa shape index (κ3) is 5.69. The van der Waals surface area contributed by atoms with Gasteiger partial charge in [-0.3, -0.25) is 14.1 Å². The van der Waals surface area contributed by atoms with Crippen molar-refractivity contribution < 1.29 is 22.6 Å². The average molecular weight is 438 g/mol. The van der Waals surface area contributed by atoms with E-state index in [1.54, 1.807) is 13.0 Å². The van der Waals surface area contributed by atoms with Crippen LogP contribution in [0.4, 0.5) is 11.4 Å². The maximum atomic E-state index is 12.5. The predicted octanol–water partition coefficient (Wildman–Crippen LogP) is 4.19. The molecule has 0 aliphatic rings. The van der Waals surface area contributed by atoms with Crippen molar-refractivity contribution in [2.45, 2.75) is 38.6 Å². The van der Waals surface area contributed by atoms with Crippen LogP contribution in [-0.4, -0.2) is 30.7 Å². The fourth-order valence-corrected chi connectivity index (χ4v) is 3.39. The van der Waals surface area contributed by atoms with Gasteiger partial charge in [-0.1, -0.05) is 29.3 Å². The molecule has 2 aromatic rings. The zero-order valence-electron chi connectivity index (χ0n) is 16.2. The van der Waals surface area contributed by atoms with Crippen LogP contribution in [-0.2, 0) is 19.7 Å². The lowest BCUT2D eigenvalue weighted by Crippen LogP contribution is -2.32. The number of azo groups is 1. The van der Waals surface area contributed by atoms with Gasteiger partial charge in [-0.05, 0) is 57.0 Å². The van der Waals surface area contributed by atoms with Crippen molar-refractivity contribution in [3.8, 4) is 0 Å². The van der Waals surface area contributed by atoms with Crippen LogP contribution in [0.15, 0.2) is 45.5 Å². The SMILES string of the molecule is CC(=O)C(N=Nc1cc(C)c(Cl)cc1S(=O)(=O)O)C(=O)Nc1ccc(C)cc1C. The molecule has 0 spiro atoms. The minimum atomic E-state index is -4.64. The summed E-state index contributed by atoms with van der Waals surface area (Å²) >= 11 is 5.91. The predicted molar refractivity (Wildman–Crippen MR) is 110 cm³/mol. The summed E-state index contributed by atoms with van der Waals surface area (Å²) in [4.78, 5) is 23.9. The highest BCUT2D eigenvalue weighted by molar-refractivity contribution is 7.86. The van der Waals surface area contributed by atoms with Crippen LogP contribution >= 0.6 is 11.6 Å². The number of carbonyl (C=O) groups is 2. The van der Waals surface area contributed by atoms with Gasteiger partial charge in [0.25, 0.3) is 16.0 Å². The second-order valence-electron chi connectivity index (χ2n) is 6.58. The Labute approximate surface area is 173 Å². The Morgan fingerprint density at radius 1 is 1.10 bits per heavy atom. The van der Waals surface area contributed by atoms with Gasteiger partial charge in [-0.25, -0.2) is 0 Å². The first-order valence-corrected chi connectivity index (χ1v) is 10.3. The summed E-state index contributed by atoms with van der Waals surface area (Å²) in [6.07, 6.45) is 0. The van der Waals surface area contributed by atoms with Crippen molar-refractivity contribution in [3.05, 3.63) is 52.0 Å². The second-order valence-corrected chi connectivity index (χ2v) is 8.38. The number of Topliss-reactive ketones (excluding diaryl/α,β-unsaturated/α-hetero) is 1. The van der Waals surface area contributed by atoms with Crippen LogP contribution in [0.5, 0.6) is 0 Å². The molecule has 2 aromatic carbocycles. The minimum Gasteiger partial charge on any atom is -0.324 e. The fourth-order valence-electron chi connectivity index (χ4n) is 2.53. The molecule has 2 rings (SSSR count). The molecule has 1 amide bonds. The lowest BCUT2D eigenvalue weighted by Gasteiger charge is -2.12. The van der Waals surface area contributed by atoms with Crippen molar-refractivity contribution >= 4 is 44.8 Å². The van der Waals surface area contributed by atoms with Crippen LogP contribution in [0.25, 0.3) is 0 Å². The Kier molecular flexibility index (Phi) is 6.89. The lowest BCUT2D eigenvalue weighted by atomic mass is 10.1. The van der Waals surface area contributed by atoms with Gasteiger partial charge in [-0.15, -0.1) is 0 Å². The highest BCUT2D eigenvalue weighted by atomic mass is 35.5. The maximum Gasteiger partial charge on any atom is 0.296 e. The van der Waals surface area contributed by atoms with Gasteiger partial charge in [0.2, 0.25) is 6.04 Å². The first kappa shape index (κ1) is 22.7. The first-order valence-electron chi connectivity index (χ1n) is 8.47. The largest absolute Gasteiger partial charge is 0.324 e. The zero-order chi connectivity index (χ0) is 21.9. The van der Waals surface area contributed by atoms with E-state index in [9.17, 15) is 22.6 Å². The molecule has 0 aliphatic carbocycles. The maximum absolute atomic E-state index is 12.5. The summed E-state index contributed by atoms with van der Waals surface area (Å²) in [5.74, 6) is -1.30. The number of ketones is 1. The Bertz CT molecular complexity index is 1110. The molecule has 0 saturated carbocycles. The Morgan fingerprint density at radius 3 is 2.31 bits per heavy atom. The molecule has 1 unspecified atom stereocenters. The number of benzene rings is 2. The van der Waals surface area contributed by atoms with Crippen LogP contribution in [0.1, 0.15) is 23.6 Å². The molecule has 154 valence electrons. The van der Waals surface area contributed by atoms with Gasteiger partial charge in [0, 0.05) is 10.7 Å². The summed E-state index contributed by atoms with van der Waals surface area (Å²) in [7, 11) is -4.64. The smallest absolute Gasteiger partial charge is 0.296 e. The summed E-state index contributed by atoms with van der Waals surface area (Å²) < 4.78 is 32.6. The molecule has 1 atom stereocenters. The molecule has 29 heavy (non-hydrogen) atoms. The summed E-state index contributed by atoms with van der Waals surface area (Å²) in [6, 6.07) is 6.20. The molecule has 0 fully saturated rings. The fraction of sp³-hybridized carbons (Fsp3) is 0.263. The topological polar surface area (TPSA) is 125 Å². The van der Waals surface area contributed by atoms with Gasteiger partial charge in [0.15, 0.2) is 5.78 Å². The third-order valence-electron chi connectivity index (χ3n) is 4.07. The van der Waals surface area contributed by atoms with E-state index < -0.39 is 32.7 Å². The van der Waals surface area contributed by atoms with E-state index in [1.807, 2.05) is 26.0 Å². The molecular weight excluding hydrogens is 418 g/mol. The van der Waals surface area contributed by atoms with E-state index in [4.69, 9.17) is 11.6 Å². The van der Waals surface area contributed by atoms with Crippen molar-refractivity contribution in [1.29, 1.82) is 0 Å². The summed E-state index contributed by atoms with van der Waals surface area (Å²) in [5.41, 5.74) is 2.58. The van der Waals surface area contributed by atoms with E-state index in [0.29, 0.717) is 11.3 Å². The number of hydrogen-bond donors (Lipinski definition) is 2. The van der Waals surface area contributed by atoms with Gasteiger partial charge < -0.3 is 5.32 Å². The number of halogens is 1. The number of rotatable bonds is 6. The highest BCUT2D eigenvalue weighted by Crippen LogP contribution is 2.31. The van der Waals surface area contributed by atoms with Crippen molar-refractivity contribution in [2.75, 3.05) is 5.32 Å². The van der Waals surface area contributed by atoms with Crippen molar-refractivity contribution in [3.63, 3.8) is 0 Å². The summed E-state index contributed by atoms with van der Waals surface area (Å²) in [5, 5.41) is 10.2. The van der Waals surface area contributed by atoms with E-state index in [2.05, 4.69) is 15.5 Å². The monoisotopic (exact) mass is 437 g/mol. The second kappa shape index (κ2) is 8.81. The van der Waals surface area contributed by atoms with Crippen LogP contribution in [0.2, 0.25) is 5.02 Å². The van der Waals surface area contributed by atoms with Gasteiger partial charge >= 0.3 is 0 Å². The molecule has 0 aliphatic heterocycles. The van der Waals surface area contributed by atoms with Crippen LogP contribution < -0.4 is 5.32 Å². The number of aryl methyl sites for hydroxylation is 3. The molecule has 0 saturated heterocycles. The van der Waals surface area contributed by atoms with Crippen LogP contribution in [0, 0.1) is 20.8 Å². The Hall–Kier alpha value is -2.62. The molecule has 8 nitrogen and oxygen atoms in total. The number of nitrogens with one attached hydrogen (secondary N) is 1. The standard InChI is InChI=1S/C19H20ClN3O5S/c1-10-5-6-15(12(3)7-10)21-19(25)18(13(4)24)23-22-16-8-11(2)14(20)9-17(16)29(26,27)28/h5-9,18H,1-4H3,(H,21,25)(H,26,27,28). The molecular formula is C19H20ClN3O5S. The average Bonchev–Trinajstić information content (AvgIpc) is 2.59.